The van der Waals surface area contributed by atoms with Crippen LogP contribution >= 0.6 is 0 Å². The number of hydrogen-bond acceptors (Lipinski definition) is 3. The molecule has 1 heterocycles. The van der Waals surface area contributed by atoms with Gasteiger partial charge in [0.2, 0.25) is 0 Å². The van der Waals surface area contributed by atoms with Gasteiger partial charge in [-0.1, -0.05) is 31.5 Å². The molecule has 1 aliphatic heterocycles. The van der Waals surface area contributed by atoms with E-state index in [1.54, 1.807) is 12.1 Å². The van der Waals surface area contributed by atoms with Crippen LogP contribution in [0, 0.1) is 17.2 Å². The Morgan fingerprint density at radius 2 is 1.72 bits per heavy atom. The van der Waals surface area contributed by atoms with E-state index in [0.717, 1.165) is 29.0 Å². The Kier molecular flexibility index (Phi) is 5.83. The minimum absolute atomic E-state index is 0.636. The van der Waals surface area contributed by atoms with Crippen LogP contribution in [0.25, 0.3) is 10.8 Å². The summed E-state index contributed by atoms with van der Waals surface area (Å²) < 4.78 is 0. The number of rotatable bonds is 2. The summed E-state index contributed by atoms with van der Waals surface area (Å²) in [6.45, 7) is 5.15. The predicted octanol–water partition coefficient (Wildman–Crippen LogP) is 4.79. The van der Waals surface area contributed by atoms with Crippen molar-refractivity contribution < 1.29 is 4.79 Å². The number of piperidine rings is 1. The number of carbonyl (C=O) groups excluding carboxylic acids is 1. The summed E-state index contributed by atoms with van der Waals surface area (Å²) >= 11 is 0. The summed E-state index contributed by atoms with van der Waals surface area (Å²) in [7, 11) is 0. The molecule has 0 bridgehead atoms. The minimum Gasteiger partial charge on any atom is -0.300 e. The molecule has 0 unspecified atom stereocenters. The highest BCUT2D eigenvalue weighted by Gasteiger charge is 2.27. The van der Waals surface area contributed by atoms with Gasteiger partial charge in [0.1, 0.15) is 6.29 Å². The summed E-state index contributed by atoms with van der Waals surface area (Å²) in [4.78, 5) is 13.2. The smallest absolute Gasteiger partial charge is 0.150 e. The Labute approximate surface area is 150 Å². The van der Waals surface area contributed by atoms with Crippen LogP contribution < -0.4 is 0 Å². The summed E-state index contributed by atoms with van der Waals surface area (Å²) in [5.41, 5.74) is 1.29. The Hall–Kier alpha value is -2.18. The number of likely N-dealkylation sites (tertiary alicyclic amines) is 1. The number of nitrogens with zero attached hydrogens (tertiary/aromatic N) is 2. The summed E-state index contributed by atoms with van der Waals surface area (Å²) in [6, 6.07) is 13.9. The standard InChI is InChI=1S/C12H7NO.C10H19N/c13-7-9-1-3-12-6-10(8-14)2-4-11(12)5-9;1-9-5-7-11(8-6-9)10-3-2-4-10/h1-6,8H;9-10H,2-8H2,1H3. The molecule has 0 amide bonds. The van der Waals surface area contributed by atoms with Crippen LogP contribution in [0.2, 0.25) is 0 Å². The van der Waals surface area contributed by atoms with Gasteiger partial charge in [0.15, 0.2) is 0 Å². The number of hydrogen-bond donors (Lipinski definition) is 0. The Balaban J connectivity index is 0.000000150. The lowest BCUT2D eigenvalue weighted by Gasteiger charge is -2.41. The maximum atomic E-state index is 10.5. The van der Waals surface area contributed by atoms with Gasteiger partial charge in [0, 0.05) is 11.6 Å². The van der Waals surface area contributed by atoms with Crippen LogP contribution in [0.15, 0.2) is 36.4 Å². The fourth-order valence-corrected chi connectivity index (χ4v) is 3.55. The van der Waals surface area contributed by atoms with E-state index < -0.39 is 0 Å². The number of benzene rings is 2. The van der Waals surface area contributed by atoms with Gasteiger partial charge in [-0.15, -0.1) is 0 Å². The maximum absolute atomic E-state index is 10.5. The highest BCUT2D eigenvalue weighted by atomic mass is 16.1. The van der Waals surface area contributed by atoms with Crippen molar-refractivity contribution in [2.45, 2.75) is 45.1 Å². The van der Waals surface area contributed by atoms with Crippen LogP contribution in [-0.4, -0.2) is 30.3 Å². The summed E-state index contributed by atoms with van der Waals surface area (Å²) in [5, 5.41) is 10.7. The van der Waals surface area contributed by atoms with E-state index >= 15 is 0 Å². The molecular weight excluding hydrogens is 308 g/mol. The highest BCUT2D eigenvalue weighted by Crippen LogP contribution is 2.28. The Morgan fingerprint density at radius 1 is 1.04 bits per heavy atom. The molecule has 2 fully saturated rings. The van der Waals surface area contributed by atoms with E-state index in [0.29, 0.717) is 11.1 Å². The lowest BCUT2D eigenvalue weighted by molar-refractivity contribution is 0.0883. The molecule has 1 saturated heterocycles. The molecule has 3 nitrogen and oxygen atoms in total. The van der Waals surface area contributed by atoms with Gasteiger partial charge < -0.3 is 4.90 Å². The zero-order valence-corrected chi connectivity index (χ0v) is 14.9. The van der Waals surface area contributed by atoms with Gasteiger partial charge in [-0.3, -0.25) is 4.79 Å². The third-order valence-electron chi connectivity index (χ3n) is 5.54. The first kappa shape index (κ1) is 17.6. The van der Waals surface area contributed by atoms with Gasteiger partial charge in [-0.25, -0.2) is 0 Å². The molecule has 130 valence electrons. The van der Waals surface area contributed by atoms with Crippen molar-refractivity contribution in [2.24, 2.45) is 5.92 Å². The van der Waals surface area contributed by atoms with E-state index in [2.05, 4.69) is 17.9 Å². The third kappa shape index (κ3) is 4.46. The molecule has 25 heavy (non-hydrogen) atoms. The number of nitriles is 1. The molecule has 2 aromatic carbocycles. The van der Waals surface area contributed by atoms with Gasteiger partial charge >= 0.3 is 0 Å². The van der Waals surface area contributed by atoms with E-state index in [9.17, 15) is 4.79 Å². The number of carbonyl (C=O) groups is 1. The first-order valence-electron chi connectivity index (χ1n) is 9.33. The summed E-state index contributed by atoms with van der Waals surface area (Å²) in [6.07, 6.45) is 8.14. The second-order valence-corrected chi connectivity index (χ2v) is 7.35. The minimum atomic E-state index is 0.636. The van der Waals surface area contributed by atoms with Gasteiger partial charge in [-0.2, -0.15) is 5.26 Å². The average molecular weight is 334 g/mol. The Bertz CT molecular complexity index is 765. The monoisotopic (exact) mass is 334 g/mol. The molecule has 4 rings (SSSR count). The normalized spacial score (nSPS) is 18.7. The van der Waals surface area contributed by atoms with Gasteiger partial charge in [0.05, 0.1) is 11.6 Å². The molecule has 0 N–H and O–H groups in total. The Morgan fingerprint density at radius 3 is 2.32 bits per heavy atom. The maximum Gasteiger partial charge on any atom is 0.150 e. The topological polar surface area (TPSA) is 44.1 Å². The molecule has 2 aliphatic rings. The van der Waals surface area contributed by atoms with Crippen molar-refractivity contribution >= 4 is 17.1 Å². The molecule has 3 heteroatoms. The van der Waals surface area contributed by atoms with Crippen molar-refractivity contribution in [2.75, 3.05) is 13.1 Å². The highest BCUT2D eigenvalue weighted by molar-refractivity contribution is 5.89. The lowest BCUT2D eigenvalue weighted by atomic mass is 9.88. The zero-order chi connectivity index (χ0) is 17.6. The van der Waals surface area contributed by atoms with Crippen LogP contribution in [0.1, 0.15) is 54.9 Å². The van der Waals surface area contributed by atoms with Gasteiger partial charge in [0.25, 0.3) is 0 Å². The fraction of sp³-hybridized carbons (Fsp3) is 0.455. The van der Waals surface area contributed by atoms with E-state index in [4.69, 9.17) is 5.26 Å². The van der Waals surface area contributed by atoms with Gasteiger partial charge in [-0.05, 0) is 73.7 Å². The molecule has 0 aromatic heterocycles. The fourth-order valence-electron chi connectivity index (χ4n) is 3.55. The first-order valence-corrected chi connectivity index (χ1v) is 9.33. The second kappa shape index (κ2) is 8.27. The predicted molar refractivity (Wildman–Crippen MR) is 102 cm³/mol. The van der Waals surface area contributed by atoms with Crippen LogP contribution in [0.4, 0.5) is 0 Å². The van der Waals surface area contributed by atoms with Crippen LogP contribution in [0.3, 0.4) is 0 Å². The molecule has 0 radical (unpaired) electrons. The number of aldehydes is 1. The second-order valence-electron chi connectivity index (χ2n) is 7.35. The SMILES string of the molecule is CC1CCN(C2CCC2)CC1.N#Cc1ccc2cc(C=O)ccc2c1. The molecule has 0 spiro atoms. The largest absolute Gasteiger partial charge is 0.300 e. The zero-order valence-electron chi connectivity index (χ0n) is 14.9. The van der Waals surface area contributed by atoms with E-state index in [1.165, 1.54) is 45.2 Å². The third-order valence-corrected chi connectivity index (χ3v) is 5.54. The molecular formula is C22H26N2O. The van der Waals surface area contributed by atoms with Crippen LogP contribution in [0.5, 0.6) is 0 Å². The summed E-state index contributed by atoms with van der Waals surface area (Å²) in [5.74, 6) is 0.992. The lowest BCUT2D eigenvalue weighted by Crippen LogP contribution is -2.44. The molecule has 1 aliphatic carbocycles. The number of fused-ring (bicyclic) bond motifs is 1. The first-order chi connectivity index (χ1) is 12.2. The van der Waals surface area contributed by atoms with Crippen LogP contribution in [-0.2, 0) is 0 Å². The van der Waals surface area contributed by atoms with Crippen molar-refractivity contribution in [3.63, 3.8) is 0 Å². The van der Waals surface area contributed by atoms with Crippen molar-refractivity contribution in [3.05, 3.63) is 47.5 Å². The molecule has 2 aromatic rings. The molecule has 1 saturated carbocycles. The average Bonchev–Trinajstić information content (AvgIpc) is 2.61. The van der Waals surface area contributed by atoms with Crippen molar-refractivity contribution in [3.8, 4) is 6.07 Å². The quantitative estimate of drug-likeness (QED) is 0.741. The van der Waals surface area contributed by atoms with E-state index in [-0.39, 0.29) is 0 Å². The molecule has 0 atom stereocenters. The van der Waals surface area contributed by atoms with Crippen molar-refractivity contribution in [1.82, 2.24) is 4.90 Å². The van der Waals surface area contributed by atoms with Crippen molar-refractivity contribution in [1.29, 1.82) is 5.26 Å². The van der Waals surface area contributed by atoms with E-state index in [1.807, 2.05) is 24.3 Å².